The van der Waals surface area contributed by atoms with Crippen molar-refractivity contribution in [2.24, 2.45) is 11.5 Å². The van der Waals surface area contributed by atoms with Crippen molar-refractivity contribution in [3.63, 3.8) is 0 Å². The summed E-state index contributed by atoms with van der Waals surface area (Å²) in [7, 11) is 0. The quantitative estimate of drug-likeness (QED) is 0.783. The molecule has 5 nitrogen and oxygen atoms in total. The fourth-order valence-electron chi connectivity index (χ4n) is 2.14. The first-order valence-corrected chi connectivity index (χ1v) is 6.72. The standard InChI is InChI=1S/C16H16FN3O2/c17-13-7-2-1-5-11(13)16(22)20-14-10(8-9-18)4-3-6-12(14)15(19)21/h1-7H,8-9,18H2,(H2,19,21)(H,20,22). The van der Waals surface area contributed by atoms with Gasteiger partial charge in [-0.05, 0) is 36.7 Å². The van der Waals surface area contributed by atoms with Gasteiger partial charge in [-0.15, -0.1) is 0 Å². The van der Waals surface area contributed by atoms with Gasteiger partial charge in [0.1, 0.15) is 5.82 Å². The molecule has 0 spiro atoms. The van der Waals surface area contributed by atoms with Crippen LogP contribution in [0.2, 0.25) is 0 Å². The van der Waals surface area contributed by atoms with Crippen molar-refractivity contribution < 1.29 is 14.0 Å². The average molecular weight is 301 g/mol. The van der Waals surface area contributed by atoms with E-state index in [1.807, 2.05) is 0 Å². The number of primary amides is 1. The molecule has 2 rings (SSSR count). The van der Waals surface area contributed by atoms with Gasteiger partial charge in [-0.3, -0.25) is 9.59 Å². The van der Waals surface area contributed by atoms with Crippen molar-refractivity contribution in [2.45, 2.75) is 6.42 Å². The first kappa shape index (κ1) is 15.7. The third kappa shape index (κ3) is 3.29. The molecule has 5 N–H and O–H groups in total. The van der Waals surface area contributed by atoms with Gasteiger partial charge in [0.25, 0.3) is 11.8 Å². The van der Waals surface area contributed by atoms with E-state index in [2.05, 4.69) is 5.32 Å². The van der Waals surface area contributed by atoms with Crippen molar-refractivity contribution in [3.8, 4) is 0 Å². The molecule has 0 fully saturated rings. The molecule has 2 aromatic carbocycles. The molecule has 0 unspecified atom stereocenters. The van der Waals surface area contributed by atoms with Crippen molar-refractivity contribution >= 4 is 17.5 Å². The van der Waals surface area contributed by atoms with Crippen LogP contribution in [0.1, 0.15) is 26.3 Å². The normalized spacial score (nSPS) is 10.3. The number of nitrogens with two attached hydrogens (primary N) is 2. The number of hydrogen-bond donors (Lipinski definition) is 3. The van der Waals surface area contributed by atoms with Gasteiger partial charge in [0.05, 0.1) is 16.8 Å². The van der Waals surface area contributed by atoms with Crippen LogP contribution in [0.4, 0.5) is 10.1 Å². The fourth-order valence-corrected chi connectivity index (χ4v) is 2.14. The predicted octanol–water partition coefficient (Wildman–Crippen LogP) is 1.68. The van der Waals surface area contributed by atoms with Crippen LogP contribution in [0.15, 0.2) is 42.5 Å². The number of carbonyl (C=O) groups excluding carboxylic acids is 2. The largest absolute Gasteiger partial charge is 0.366 e. The molecule has 0 aliphatic heterocycles. The molecule has 0 heterocycles. The highest BCUT2D eigenvalue weighted by Crippen LogP contribution is 2.23. The lowest BCUT2D eigenvalue weighted by molar-refractivity contribution is 0.100. The average Bonchev–Trinajstić information content (AvgIpc) is 2.49. The molecule has 0 saturated heterocycles. The first-order valence-electron chi connectivity index (χ1n) is 6.72. The number of nitrogens with one attached hydrogen (secondary N) is 1. The second-order valence-corrected chi connectivity index (χ2v) is 4.68. The summed E-state index contributed by atoms with van der Waals surface area (Å²) in [6.07, 6.45) is 0.452. The number of halogens is 1. The maximum Gasteiger partial charge on any atom is 0.258 e. The highest BCUT2D eigenvalue weighted by molar-refractivity contribution is 6.09. The van der Waals surface area contributed by atoms with E-state index in [9.17, 15) is 14.0 Å². The van der Waals surface area contributed by atoms with Gasteiger partial charge in [0.2, 0.25) is 0 Å². The van der Waals surface area contributed by atoms with Crippen molar-refractivity contribution in [1.82, 2.24) is 0 Å². The van der Waals surface area contributed by atoms with Crippen molar-refractivity contribution in [2.75, 3.05) is 11.9 Å². The Morgan fingerprint density at radius 3 is 2.36 bits per heavy atom. The van der Waals surface area contributed by atoms with Crippen LogP contribution in [0.5, 0.6) is 0 Å². The van der Waals surface area contributed by atoms with Gasteiger partial charge in [-0.2, -0.15) is 0 Å². The van der Waals surface area contributed by atoms with Crippen LogP contribution in [0.25, 0.3) is 0 Å². The van der Waals surface area contributed by atoms with E-state index in [0.29, 0.717) is 18.5 Å². The zero-order valence-corrected chi connectivity index (χ0v) is 11.8. The van der Waals surface area contributed by atoms with Crippen LogP contribution < -0.4 is 16.8 Å². The van der Waals surface area contributed by atoms with Gasteiger partial charge in [-0.1, -0.05) is 24.3 Å². The number of amides is 2. The fraction of sp³-hybridized carbons (Fsp3) is 0.125. The third-order valence-corrected chi connectivity index (χ3v) is 3.19. The number of rotatable bonds is 5. The van der Waals surface area contributed by atoms with Crippen molar-refractivity contribution in [1.29, 1.82) is 0 Å². The van der Waals surface area contributed by atoms with Crippen LogP contribution in [-0.4, -0.2) is 18.4 Å². The molecule has 2 amide bonds. The van der Waals surface area contributed by atoms with E-state index in [1.165, 1.54) is 24.3 Å². The van der Waals surface area contributed by atoms with Gasteiger partial charge in [0, 0.05) is 0 Å². The Bertz CT molecular complexity index is 716. The number of anilines is 1. The second kappa shape index (κ2) is 6.82. The molecule has 0 bridgehead atoms. The first-order chi connectivity index (χ1) is 10.5. The molecule has 0 radical (unpaired) electrons. The Hall–Kier alpha value is -2.73. The van der Waals surface area contributed by atoms with E-state index in [4.69, 9.17) is 11.5 Å². The molecule has 0 atom stereocenters. The summed E-state index contributed by atoms with van der Waals surface area (Å²) >= 11 is 0. The molecule has 114 valence electrons. The highest BCUT2D eigenvalue weighted by Gasteiger charge is 2.17. The summed E-state index contributed by atoms with van der Waals surface area (Å²) in [5, 5.41) is 2.57. The van der Waals surface area contributed by atoms with Gasteiger partial charge < -0.3 is 16.8 Å². The molecule has 0 saturated carbocycles. The lowest BCUT2D eigenvalue weighted by Crippen LogP contribution is -2.21. The predicted molar refractivity (Wildman–Crippen MR) is 82.1 cm³/mol. The molecule has 0 aromatic heterocycles. The third-order valence-electron chi connectivity index (χ3n) is 3.19. The minimum atomic E-state index is -0.678. The molecule has 0 aliphatic rings. The zero-order chi connectivity index (χ0) is 16.1. The van der Waals surface area contributed by atoms with E-state index in [-0.39, 0.29) is 16.8 Å². The molecular formula is C16H16FN3O2. The van der Waals surface area contributed by atoms with Crippen LogP contribution in [0.3, 0.4) is 0 Å². The number of carbonyl (C=O) groups is 2. The van der Waals surface area contributed by atoms with E-state index < -0.39 is 17.6 Å². The minimum Gasteiger partial charge on any atom is -0.366 e. The molecule has 22 heavy (non-hydrogen) atoms. The molecular weight excluding hydrogens is 285 g/mol. The van der Waals surface area contributed by atoms with Crippen LogP contribution in [0, 0.1) is 5.82 Å². The lowest BCUT2D eigenvalue weighted by atomic mass is 10.0. The van der Waals surface area contributed by atoms with Gasteiger partial charge in [-0.25, -0.2) is 4.39 Å². The Kier molecular flexibility index (Phi) is 4.85. The zero-order valence-electron chi connectivity index (χ0n) is 11.8. The summed E-state index contributed by atoms with van der Waals surface area (Å²) < 4.78 is 13.7. The van der Waals surface area contributed by atoms with Gasteiger partial charge >= 0.3 is 0 Å². The number of para-hydroxylation sites is 1. The molecule has 6 heteroatoms. The Balaban J connectivity index is 2.41. The topological polar surface area (TPSA) is 98.2 Å². The van der Waals surface area contributed by atoms with E-state index in [0.717, 1.165) is 0 Å². The Morgan fingerprint density at radius 2 is 1.73 bits per heavy atom. The summed E-state index contributed by atoms with van der Waals surface area (Å²) in [4.78, 5) is 23.8. The Labute approximate surface area is 127 Å². The molecule has 2 aromatic rings. The van der Waals surface area contributed by atoms with Crippen LogP contribution >= 0.6 is 0 Å². The lowest BCUT2D eigenvalue weighted by Gasteiger charge is -2.14. The summed E-state index contributed by atoms with van der Waals surface area (Å²) in [5.41, 5.74) is 11.9. The summed E-state index contributed by atoms with van der Waals surface area (Å²) in [6.45, 7) is 0.338. The van der Waals surface area contributed by atoms with E-state index >= 15 is 0 Å². The van der Waals surface area contributed by atoms with Crippen molar-refractivity contribution in [3.05, 3.63) is 65.0 Å². The van der Waals surface area contributed by atoms with Gasteiger partial charge in [0.15, 0.2) is 0 Å². The SMILES string of the molecule is NCCc1cccc(C(N)=O)c1NC(=O)c1ccccc1F. The summed E-state index contributed by atoms with van der Waals surface area (Å²) in [6, 6.07) is 10.5. The number of hydrogen-bond acceptors (Lipinski definition) is 3. The second-order valence-electron chi connectivity index (χ2n) is 4.68. The van der Waals surface area contributed by atoms with Crippen LogP contribution in [-0.2, 0) is 6.42 Å². The minimum absolute atomic E-state index is 0.111. The number of benzene rings is 2. The maximum absolute atomic E-state index is 13.7. The van der Waals surface area contributed by atoms with E-state index in [1.54, 1.807) is 18.2 Å². The highest BCUT2D eigenvalue weighted by atomic mass is 19.1. The smallest absolute Gasteiger partial charge is 0.258 e. The maximum atomic E-state index is 13.7. The monoisotopic (exact) mass is 301 g/mol. The Morgan fingerprint density at radius 1 is 1.05 bits per heavy atom. The summed E-state index contributed by atoms with van der Waals surface area (Å²) in [5.74, 6) is -1.97. The molecule has 0 aliphatic carbocycles.